The van der Waals surface area contributed by atoms with Crippen molar-refractivity contribution in [3.05, 3.63) is 29.8 Å². The minimum Gasteiger partial charge on any atom is -0.495 e. The Labute approximate surface area is 185 Å². The van der Waals surface area contributed by atoms with Gasteiger partial charge in [0, 0.05) is 39.3 Å². The molecule has 31 heavy (non-hydrogen) atoms. The normalized spacial score (nSPS) is 15.1. The molecule has 0 saturated carbocycles. The lowest BCUT2D eigenvalue weighted by Gasteiger charge is -2.26. The number of amides is 2. The Balaban J connectivity index is 2.18. The summed E-state index contributed by atoms with van der Waals surface area (Å²) in [4.78, 5) is 27.7. The Morgan fingerprint density at radius 3 is 2.35 bits per heavy atom. The largest absolute Gasteiger partial charge is 0.495 e. The number of methoxy groups -OCH3 is 1. The van der Waals surface area contributed by atoms with Gasteiger partial charge in [-0.25, -0.2) is 8.42 Å². The highest BCUT2D eigenvalue weighted by Gasteiger charge is 2.29. The van der Waals surface area contributed by atoms with E-state index in [1.165, 1.54) is 28.5 Å². The summed E-state index contributed by atoms with van der Waals surface area (Å²) in [6, 6.07) is 4.81. The topological polar surface area (TPSA) is 87.2 Å². The fourth-order valence-corrected chi connectivity index (χ4v) is 5.20. The molecule has 1 aliphatic rings. The third-order valence-electron chi connectivity index (χ3n) is 5.40. The maximum absolute atomic E-state index is 13.1. The molecule has 1 heterocycles. The molecule has 9 heteroatoms. The van der Waals surface area contributed by atoms with E-state index in [1.54, 1.807) is 30.2 Å². The highest BCUT2D eigenvalue weighted by Crippen LogP contribution is 2.30. The van der Waals surface area contributed by atoms with Gasteiger partial charge in [0.05, 0.1) is 13.7 Å². The number of hydrogen-bond acceptors (Lipinski definition) is 5. The number of sulfonamides is 1. The predicted molar refractivity (Wildman–Crippen MR) is 120 cm³/mol. The van der Waals surface area contributed by atoms with Gasteiger partial charge in [-0.15, -0.1) is 0 Å². The lowest BCUT2D eigenvalue weighted by atomic mass is 10.2. The smallest absolute Gasteiger partial charge is 0.246 e. The molecule has 2 rings (SSSR count). The molecular weight excluding hydrogens is 418 g/mol. The third kappa shape index (κ3) is 6.30. The summed E-state index contributed by atoms with van der Waals surface area (Å²) in [5.41, 5.74) is 0.563. The Kier molecular flexibility index (Phi) is 9.06. The van der Waals surface area contributed by atoms with Gasteiger partial charge in [0.2, 0.25) is 21.8 Å². The standard InChI is InChI=1S/C22H33N3O5S/c1-5-24(6-2)22(27)17-23(3)21(26)13-11-18-10-12-19(30-4)20(16-18)31(28,29)25-14-8-7-9-15-25/h10-13,16H,5-9,14-15,17H2,1-4H3/b13-11+. The van der Waals surface area contributed by atoms with Crippen molar-refractivity contribution >= 4 is 27.9 Å². The van der Waals surface area contributed by atoms with Crippen LogP contribution in [0.1, 0.15) is 38.7 Å². The van der Waals surface area contributed by atoms with E-state index in [0.717, 1.165) is 19.3 Å². The van der Waals surface area contributed by atoms with Crippen molar-refractivity contribution in [2.75, 3.05) is 46.9 Å². The van der Waals surface area contributed by atoms with Gasteiger partial charge in [-0.1, -0.05) is 12.5 Å². The van der Waals surface area contributed by atoms with Crippen LogP contribution in [0.3, 0.4) is 0 Å². The first-order valence-corrected chi connectivity index (χ1v) is 12.1. The lowest BCUT2D eigenvalue weighted by molar-refractivity contribution is -0.136. The zero-order chi connectivity index (χ0) is 23.0. The molecule has 1 aromatic rings. The van der Waals surface area contributed by atoms with Crippen molar-refractivity contribution in [2.24, 2.45) is 0 Å². The second-order valence-electron chi connectivity index (χ2n) is 7.47. The summed E-state index contributed by atoms with van der Waals surface area (Å²) in [7, 11) is -0.685. The average Bonchev–Trinajstić information content (AvgIpc) is 2.78. The monoisotopic (exact) mass is 451 g/mol. The number of ether oxygens (including phenoxy) is 1. The molecule has 1 aliphatic heterocycles. The predicted octanol–water partition coefficient (Wildman–Crippen LogP) is 2.21. The number of nitrogens with zero attached hydrogens (tertiary/aromatic N) is 3. The maximum atomic E-state index is 13.1. The van der Waals surface area contributed by atoms with Crippen LogP contribution >= 0.6 is 0 Å². The zero-order valence-corrected chi connectivity index (χ0v) is 19.7. The number of carbonyl (C=O) groups is 2. The van der Waals surface area contributed by atoms with Gasteiger partial charge < -0.3 is 14.5 Å². The van der Waals surface area contributed by atoms with Crippen molar-refractivity contribution < 1.29 is 22.7 Å². The number of carbonyl (C=O) groups excluding carboxylic acids is 2. The first-order chi connectivity index (χ1) is 14.7. The molecule has 0 spiro atoms. The average molecular weight is 452 g/mol. The molecule has 8 nitrogen and oxygen atoms in total. The van der Waals surface area contributed by atoms with Crippen LogP contribution in [0.25, 0.3) is 6.08 Å². The highest BCUT2D eigenvalue weighted by molar-refractivity contribution is 7.89. The van der Waals surface area contributed by atoms with Crippen LogP contribution < -0.4 is 4.74 Å². The number of benzene rings is 1. The SMILES string of the molecule is CCN(CC)C(=O)CN(C)C(=O)/C=C/c1ccc(OC)c(S(=O)(=O)N2CCCCC2)c1. The number of piperidine rings is 1. The summed E-state index contributed by atoms with van der Waals surface area (Å²) in [5.74, 6) is -0.179. The van der Waals surface area contributed by atoms with Crippen molar-refractivity contribution in [1.82, 2.24) is 14.1 Å². The van der Waals surface area contributed by atoms with Gasteiger partial charge in [0.25, 0.3) is 0 Å². The van der Waals surface area contributed by atoms with E-state index in [0.29, 0.717) is 31.7 Å². The first-order valence-electron chi connectivity index (χ1n) is 10.6. The van der Waals surface area contributed by atoms with Crippen LogP contribution in [0.2, 0.25) is 0 Å². The van der Waals surface area contributed by atoms with Crippen molar-refractivity contribution in [1.29, 1.82) is 0 Å². The van der Waals surface area contributed by atoms with Crippen LogP contribution in [0, 0.1) is 0 Å². The molecule has 1 fully saturated rings. The fraction of sp³-hybridized carbons (Fsp3) is 0.545. The van der Waals surface area contributed by atoms with Gasteiger partial charge in [-0.3, -0.25) is 9.59 Å². The Morgan fingerprint density at radius 1 is 1.13 bits per heavy atom. The van der Waals surface area contributed by atoms with E-state index in [-0.39, 0.29) is 29.0 Å². The van der Waals surface area contributed by atoms with Gasteiger partial charge in [-0.2, -0.15) is 4.31 Å². The second-order valence-corrected chi connectivity index (χ2v) is 9.38. The molecule has 0 N–H and O–H groups in total. The minimum absolute atomic E-state index is 0.0119. The number of rotatable bonds is 9. The Morgan fingerprint density at radius 2 is 1.77 bits per heavy atom. The summed E-state index contributed by atoms with van der Waals surface area (Å²) >= 11 is 0. The number of hydrogen-bond donors (Lipinski definition) is 0. The van der Waals surface area contributed by atoms with Crippen LogP contribution in [0.4, 0.5) is 0 Å². The van der Waals surface area contributed by atoms with Crippen molar-refractivity contribution in [2.45, 2.75) is 38.0 Å². The molecule has 0 bridgehead atoms. The van der Waals surface area contributed by atoms with E-state index < -0.39 is 10.0 Å². The fourth-order valence-electron chi connectivity index (χ4n) is 3.49. The maximum Gasteiger partial charge on any atom is 0.246 e. The van der Waals surface area contributed by atoms with E-state index >= 15 is 0 Å². The van der Waals surface area contributed by atoms with E-state index in [4.69, 9.17) is 4.74 Å². The lowest BCUT2D eigenvalue weighted by Crippen LogP contribution is -2.40. The van der Waals surface area contributed by atoms with Crippen LogP contribution in [0.5, 0.6) is 5.75 Å². The summed E-state index contributed by atoms with van der Waals surface area (Å²) in [5, 5.41) is 0. The quantitative estimate of drug-likeness (QED) is 0.537. The molecule has 0 aliphatic carbocycles. The minimum atomic E-state index is -3.68. The summed E-state index contributed by atoms with van der Waals surface area (Å²) < 4.78 is 33.0. The van der Waals surface area contributed by atoms with E-state index in [1.807, 2.05) is 13.8 Å². The molecule has 2 amide bonds. The van der Waals surface area contributed by atoms with Gasteiger partial charge in [0.1, 0.15) is 10.6 Å². The van der Waals surface area contributed by atoms with Gasteiger partial charge >= 0.3 is 0 Å². The van der Waals surface area contributed by atoms with Crippen molar-refractivity contribution in [3.63, 3.8) is 0 Å². The third-order valence-corrected chi connectivity index (χ3v) is 7.32. The molecule has 172 valence electrons. The van der Waals surface area contributed by atoms with Crippen LogP contribution in [0.15, 0.2) is 29.2 Å². The summed E-state index contributed by atoms with van der Waals surface area (Å²) in [6.07, 6.45) is 5.60. The van der Waals surface area contributed by atoms with E-state index in [2.05, 4.69) is 0 Å². The molecule has 0 aromatic heterocycles. The second kappa shape index (κ2) is 11.3. The zero-order valence-electron chi connectivity index (χ0n) is 18.8. The van der Waals surface area contributed by atoms with Gasteiger partial charge in [-0.05, 0) is 50.5 Å². The van der Waals surface area contributed by atoms with E-state index in [9.17, 15) is 18.0 Å². The molecule has 0 radical (unpaired) electrons. The highest BCUT2D eigenvalue weighted by atomic mass is 32.2. The summed E-state index contributed by atoms with van der Waals surface area (Å²) in [6.45, 7) is 5.94. The molecule has 1 aromatic carbocycles. The number of likely N-dealkylation sites (N-methyl/N-ethyl adjacent to an activating group) is 2. The Bertz CT molecular complexity index is 904. The first kappa shape index (κ1) is 24.9. The molecular formula is C22H33N3O5S. The van der Waals surface area contributed by atoms with Crippen LogP contribution in [-0.2, 0) is 19.6 Å². The van der Waals surface area contributed by atoms with Crippen LogP contribution in [-0.4, -0.2) is 81.2 Å². The Hall–Kier alpha value is -2.39. The van der Waals surface area contributed by atoms with Gasteiger partial charge in [0.15, 0.2) is 0 Å². The molecule has 0 unspecified atom stereocenters. The molecule has 1 saturated heterocycles. The molecule has 0 atom stereocenters. The van der Waals surface area contributed by atoms with Crippen molar-refractivity contribution in [3.8, 4) is 5.75 Å².